The number of nitrogens with two attached hydrogens (primary N) is 1. The number of fused-ring (bicyclic) bond motifs is 1. The molecule has 0 saturated carbocycles. The number of hydrogen-bond donors (Lipinski definition) is 1. The van der Waals surface area contributed by atoms with Gasteiger partial charge in [0.1, 0.15) is 0 Å². The maximum Gasteiger partial charge on any atom is 0.180 e. The summed E-state index contributed by atoms with van der Waals surface area (Å²) in [7, 11) is 1.82. The van der Waals surface area contributed by atoms with Crippen LogP contribution in [0, 0.1) is 0 Å². The first-order valence-electron chi connectivity index (χ1n) is 4.97. The lowest BCUT2D eigenvalue weighted by molar-refractivity contribution is 0.0978. The summed E-state index contributed by atoms with van der Waals surface area (Å²) in [6.45, 7) is 0.356. The zero-order chi connectivity index (χ0) is 11.7. The van der Waals surface area contributed by atoms with Crippen molar-refractivity contribution in [2.45, 2.75) is 6.42 Å². The average Bonchev–Trinajstić information content (AvgIpc) is 2.57. The third kappa shape index (κ3) is 1.81. The minimum atomic E-state index is 0.0270. The molecule has 84 valence electrons. The molecule has 2 heterocycles. The lowest BCUT2D eigenvalue weighted by Gasteiger charge is -2.01. The fraction of sp³-hybridized carbons (Fsp3) is 0.273. The van der Waals surface area contributed by atoms with Crippen LogP contribution in [0.5, 0.6) is 0 Å². The van der Waals surface area contributed by atoms with Crippen molar-refractivity contribution in [3.05, 3.63) is 29.0 Å². The highest BCUT2D eigenvalue weighted by Crippen LogP contribution is 2.20. The first kappa shape index (κ1) is 11.1. The van der Waals surface area contributed by atoms with Crippen molar-refractivity contribution in [1.82, 2.24) is 9.55 Å². The molecule has 5 heteroatoms. The van der Waals surface area contributed by atoms with Crippen LogP contribution in [0.25, 0.3) is 11.0 Å². The van der Waals surface area contributed by atoms with Crippen LogP contribution in [0.1, 0.15) is 16.9 Å². The predicted molar refractivity (Wildman–Crippen MR) is 63.7 cm³/mol. The number of aromatic nitrogens is 2. The normalized spacial score (nSPS) is 10.9. The number of hydrogen-bond acceptors (Lipinski definition) is 3. The van der Waals surface area contributed by atoms with Crippen LogP contribution in [0.4, 0.5) is 0 Å². The van der Waals surface area contributed by atoms with E-state index in [1.54, 1.807) is 22.9 Å². The highest BCUT2D eigenvalue weighted by Gasteiger charge is 2.13. The molecule has 2 N–H and O–H groups in total. The number of pyridine rings is 1. The van der Waals surface area contributed by atoms with Crippen molar-refractivity contribution in [1.29, 1.82) is 0 Å². The standard InChI is InChI=1S/C11H12ClN3O/c1-15-9-4-7(12)6-14-8(9)5-10(15)11(16)2-3-13/h4-6H,2-3,13H2,1H3. The van der Waals surface area contributed by atoms with Gasteiger partial charge < -0.3 is 10.3 Å². The molecule has 0 radical (unpaired) electrons. The van der Waals surface area contributed by atoms with Crippen molar-refractivity contribution >= 4 is 28.4 Å². The molecule has 2 aromatic heterocycles. The number of Topliss-reactive ketones (excluding diaryl/α,β-unsaturated/α-hetero) is 1. The molecule has 2 aromatic rings. The van der Waals surface area contributed by atoms with Crippen molar-refractivity contribution in [2.24, 2.45) is 12.8 Å². The second-order valence-corrected chi connectivity index (χ2v) is 4.04. The Bertz CT molecular complexity index is 547. The maximum atomic E-state index is 11.8. The molecule has 0 bridgehead atoms. The van der Waals surface area contributed by atoms with Crippen LogP contribution < -0.4 is 5.73 Å². The third-order valence-corrected chi connectivity index (χ3v) is 2.72. The van der Waals surface area contributed by atoms with E-state index in [0.717, 1.165) is 11.0 Å². The number of halogens is 1. The van der Waals surface area contributed by atoms with Gasteiger partial charge in [0.05, 0.1) is 21.7 Å². The number of nitrogens with zero attached hydrogens (tertiary/aromatic N) is 2. The highest BCUT2D eigenvalue weighted by molar-refractivity contribution is 6.31. The summed E-state index contributed by atoms with van der Waals surface area (Å²) < 4.78 is 1.80. The minimum absolute atomic E-state index is 0.0270. The smallest absolute Gasteiger partial charge is 0.180 e. The number of ketones is 1. The largest absolute Gasteiger partial charge is 0.340 e. The average molecular weight is 238 g/mol. The second kappa shape index (κ2) is 4.23. The van der Waals surface area contributed by atoms with Gasteiger partial charge in [-0.25, -0.2) is 0 Å². The monoisotopic (exact) mass is 237 g/mol. The van der Waals surface area contributed by atoms with Crippen LogP contribution in [-0.4, -0.2) is 21.9 Å². The molecule has 0 saturated heterocycles. The Labute approximate surface area is 98.0 Å². The van der Waals surface area contributed by atoms with Crippen molar-refractivity contribution in [3.63, 3.8) is 0 Å². The van der Waals surface area contributed by atoms with E-state index in [1.165, 1.54) is 0 Å². The van der Waals surface area contributed by atoms with Crippen molar-refractivity contribution in [3.8, 4) is 0 Å². The van der Waals surface area contributed by atoms with Crippen molar-refractivity contribution < 1.29 is 4.79 Å². The van der Waals surface area contributed by atoms with Gasteiger partial charge in [-0.05, 0) is 18.7 Å². The topological polar surface area (TPSA) is 60.9 Å². The molecule has 0 unspecified atom stereocenters. The van der Waals surface area contributed by atoms with E-state index in [1.807, 2.05) is 7.05 Å². The van der Waals surface area contributed by atoms with Crippen LogP contribution in [-0.2, 0) is 7.05 Å². The quantitative estimate of drug-likeness (QED) is 0.828. The molecule has 0 aromatic carbocycles. The van der Waals surface area contributed by atoms with E-state index >= 15 is 0 Å². The van der Waals surface area contributed by atoms with E-state index in [0.29, 0.717) is 23.7 Å². The molecule has 16 heavy (non-hydrogen) atoms. The van der Waals surface area contributed by atoms with Gasteiger partial charge in [-0.2, -0.15) is 0 Å². The molecular weight excluding hydrogens is 226 g/mol. The molecule has 0 amide bonds. The molecule has 0 spiro atoms. The molecule has 0 aliphatic heterocycles. The Balaban J connectivity index is 2.56. The molecule has 0 aliphatic carbocycles. The summed E-state index contributed by atoms with van der Waals surface area (Å²) in [5, 5.41) is 0.562. The summed E-state index contributed by atoms with van der Waals surface area (Å²) in [4.78, 5) is 15.9. The van der Waals surface area contributed by atoms with Gasteiger partial charge in [0, 0.05) is 19.7 Å². The molecule has 0 aliphatic rings. The van der Waals surface area contributed by atoms with Gasteiger partial charge in [-0.3, -0.25) is 9.78 Å². The number of rotatable bonds is 3. The fourth-order valence-electron chi connectivity index (χ4n) is 1.70. The van der Waals surface area contributed by atoms with Crippen molar-refractivity contribution in [2.75, 3.05) is 6.54 Å². The van der Waals surface area contributed by atoms with E-state index in [-0.39, 0.29) is 5.78 Å². The predicted octanol–water partition coefficient (Wildman–Crippen LogP) is 1.76. The van der Waals surface area contributed by atoms with Gasteiger partial charge >= 0.3 is 0 Å². The lowest BCUT2D eigenvalue weighted by Crippen LogP contribution is -2.11. The summed E-state index contributed by atoms with van der Waals surface area (Å²) in [5.41, 5.74) is 7.61. The molecule has 0 atom stereocenters. The Morgan fingerprint density at radius 2 is 2.31 bits per heavy atom. The molecule has 2 rings (SSSR count). The van der Waals surface area contributed by atoms with Gasteiger partial charge in [0.25, 0.3) is 0 Å². The Hall–Kier alpha value is -1.39. The zero-order valence-corrected chi connectivity index (χ0v) is 9.66. The minimum Gasteiger partial charge on any atom is -0.340 e. The number of aryl methyl sites for hydroxylation is 1. The summed E-state index contributed by atoms with van der Waals surface area (Å²) in [5.74, 6) is 0.0270. The van der Waals surface area contributed by atoms with Gasteiger partial charge in [0.2, 0.25) is 0 Å². The summed E-state index contributed by atoms with van der Waals surface area (Å²) >= 11 is 5.86. The zero-order valence-electron chi connectivity index (χ0n) is 8.90. The maximum absolute atomic E-state index is 11.8. The van der Waals surface area contributed by atoms with E-state index < -0.39 is 0 Å². The second-order valence-electron chi connectivity index (χ2n) is 3.61. The van der Waals surface area contributed by atoms with Crippen LogP contribution in [0.2, 0.25) is 5.02 Å². The van der Waals surface area contributed by atoms with E-state index in [4.69, 9.17) is 17.3 Å². The first-order valence-corrected chi connectivity index (χ1v) is 5.35. The third-order valence-electron chi connectivity index (χ3n) is 2.52. The van der Waals surface area contributed by atoms with Crippen LogP contribution in [0.3, 0.4) is 0 Å². The van der Waals surface area contributed by atoms with Crippen LogP contribution >= 0.6 is 11.6 Å². The first-order chi connectivity index (χ1) is 7.63. The fourth-order valence-corrected chi connectivity index (χ4v) is 1.85. The van der Waals surface area contributed by atoms with E-state index in [2.05, 4.69) is 4.98 Å². The van der Waals surface area contributed by atoms with E-state index in [9.17, 15) is 4.79 Å². The lowest BCUT2D eigenvalue weighted by atomic mass is 10.2. The molecule has 0 fully saturated rings. The van der Waals surface area contributed by atoms with Crippen LogP contribution in [0.15, 0.2) is 18.3 Å². The number of carbonyl (C=O) groups is 1. The Kier molecular flexibility index (Phi) is 2.94. The Morgan fingerprint density at radius 1 is 1.56 bits per heavy atom. The summed E-state index contributed by atoms with van der Waals surface area (Å²) in [6, 6.07) is 3.56. The van der Waals surface area contributed by atoms with Gasteiger partial charge in [-0.15, -0.1) is 0 Å². The van der Waals surface area contributed by atoms with Gasteiger partial charge in [-0.1, -0.05) is 11.6 Å². The van der Waals surface area contributed by atoms with Gasteiger partial charge in [0.15, 0.2) is 5.78 Å². The molecular formula is C11H12ClN3O. The summed E-state index contributed by atoms with van der Waals surface area (Å²) in [6.07, 6.45) is 1.92. The highest BCUT2D eigenvalue weighted by atomic mass is 35.5. The molecule has 4 nitrogen and oxygen atoms in total. The number of carbonyl (C=O) groups excluding carboxylic acids is 1. The Morgan fingerprint density at radius 3 is 3.00 bits per heavy atom. The SMILES string of the molecule is Cn1c(C(=O)CCN)cc2ncc(Cl)cc21.